The molecule has 0 aromatic heterocycles. The van der Waals surface area contributed by atoms with Gasteiger partial charge in [-0.2, -0.15) is 0 Å². The van der Waals surface area contributed by atoms with Crippen LogP contribution in [0.3, 0.4) is 0 Å². The highest BCUT2D eigenvalue weighted by atomic mass is 35.5. The zero-order chi connectivity index (χ0) is 18.5. The maximum absolute atomic E-state index is 12.4. The second kappa shape index (κ2) is 8.64. The van der Waals surface area contributed by atoms with Crippen molar-refractivity contribution in [2.45, 2.75) is 38.1 Å². The van der Waals surface area contributed by atoms with Gasteiger partial charge in [0, 0.05) is 43.0 Å². The Hall–Kier alpha value is -1.92. The molecule has 2 saturated heterocycles. The van der Waals surface area contributed by atoms with Gasteiger partial charge in [0.15, 0.2) is 5.78 Å². The molecule has 0 saturated carbocycles. The number of benzene rings is 1. The number of rotatable bonds is 6. The molecule has 140 valence electrons. The van der Waals surface area contributed by atoms with Gasteiger partial charge < -0.3 is 9.80 Å². The summed E-state index contributed by atoms with van der Waals surface area (Å²) in [5.41, 5.74) is 0.0409. The van der Waals surface area contributed by atoms with Crippen LogP contribution in [0.2, 0.25) is 5.02 Å². The summed E-state index contributed by atoms with van der Waals surface area (Å²) in [7, 11) is 0. The molecule has 26 heavy (non-hydrogen) atoms. The minimum atomic E-state index is -0.571. The van der Waals surface area contributed by atoms with Gasteiger partial charge in [0.25, 0.3) is 5.69 Å². The molecule has 7 heteroatoms. The molecule has 2 aliphatic heterocycles. The van der Waals surface area contributed by atoms with Crippen LogP contribution < -0.4 is 0 Å². The van der Waals surface area contributed by atoms with Gasteiger partial charge in [-0.15, -0.1) is 0 Å². The van der Waals surface area contributed by atoms with E-state index in [2.05, 4.69) is 9.80 Å². The Bertz CT molecular complexity index is 701. The van der Waals surface area contributed by atoms with Crippen LogP contribution in [0, 0.1) is 10.1 Å². The molecule has 3 rings (SSSR count). The summed E-state index contributed by atoms with van der Waals surface area (Å²) in [6.45, 7) is 4.33. The van der Waals surface area contributed by atoms with Crippen molar-refractivity contribution in [3.05, 3.63) is 51.2 Å². The molecule has 0 bridgehead atoms. The van der Waals surface area contributed by atoms with E-state index >= 15 is 0 Å². The highest BCUT2D eigenvalue weighted by Gasteiger charge is 2.25. The van der Waals surface area contributed by atoms with E-state index in [0.29, 0.717) is 6.04 Å². The Morgan fingerprint density at radius 1 is 1.23 bits per heavy atom. The average Bonchev–Trinajstić information content (AvgIpc) is 3.07. The van der Waals surface area contributed by atoms with Gasteiger partial charge in [-0.3, -0.25) is 14.9 Å². The van der Waals surface area contributed by atoms with E-state index in [1.807, 2.05) is 6.20 Å². The van der Waals surface area contributed by atoms with Crippen molar-refractivity contribution >= 4 is 23.1 Å². The molecule has 0 radical (unpaired) electrons. The number of piperidine rings is 1. The number of nitrogens with zero attached hydrogens (tertiary/aromatic N) is 3. The number of allylic oxidation sites excluding steroid dienone is 1. The molecule has 0 aliphatic carbocycles. The van der Waals surface area contributed by atoms with Crippen molar-refractivity contribution in [2.24, 2.45) is 0 Å². The maximum atomic E-state index is 12.4. The lowest BCUT2D eigenvalue weighted by Crippen LogP contribution is -2.40. The van der Waals surface area contributed by atoms with Crippen molar-refractivity contribution in [1.82, 2.24) is 9.80 Å². The molecule has 0 amide bonds. The molecule has 0 spiro atoms. The lowest BCUT2D eigenvalue weighted by molar-refractivity contribution is -0.384. The SMILES string of the molecule is O=C(C=CN1CCC[C@H]1CN1CCCCC1)c1ccc(Cl)c([N+](=O)[O-])c1. The van der Waals surface area contributed by atoms with Crippen LogP contribution in [0.1, 0.15) is 42.5 Å². The molecule has 0 N–H and O–H groups in total. The largest absolute Gasteiger partial charge is 0.373 e. The molecule has 1 aromatic carbocycles. The third-order valence-corrected chi connectivity index (χ3v) is 5.50. The Balaban J connectivity index is 1.63. The molecule has 1 aromatic rings. The third-order valence-electron chi connectivity index (χ3n) is 5.19. The summed E-state index contributed by atoms with van der Waals surface area (Å²) in [4.78, 5) is 27.5. The summed E-state index contributed by atoms with van der Waals surface area (Å²) in [6.07, 6.45) is 9.51. The molecule has 6 nitrogen and oxygen atoms in total. The summed E-state index contributed by atoms with van der Waals surface area (Å²) in [5, 5.41) is 11.0. The third kappa shape index (κ3) is 4.62. The topological polar surface area (TPSA) is 66.7 Å². The van der Waals surface area contributed by atoms with E-state index < -0.39 is 4.92 Å². The van der Waals surface area contributed by atoms with Gasteiger partial charge in [-0.1, -0.05) is 18.0 Å². The molecule has 1 atom stereocenters. The van der Waals surface area contributed by atoms with Gasteiger partial charge in [-0.25, -0.2) is 0 Å². The predicted octanol–water partition coefficient (Wildman–Crippen LogP) is 3.89. The number of ketones is 1. The predicted molar refractivity (Wildman–Crippen MR) is 102 cm³/mol. The number of likely N-dealkylation sites (tertiary alicyclic amines) is 2. The molecule has 0 unspecified atom stereocenters. The number of nitro benzene ring substituents is 1. The highest BCUT2D eigenvalue weighted by molar-refractivity contribution is 6.32. The number of hydrogen-bond donors (Lipinski definition) is 0. The van der Waals surface area contributed by atoms with Crippen LogP contribution in [0.4, 0.5) is 5.69 Å². The fourth-order valence-corrected chi connectivity index (χ4v) is 3.94. The van der Waals surface area contributed by atoms with Crippen molar-refractivity contribution in [3.63, 3.8) is 0 Å². The number of halogens is 1. The summed E-state index contributed by atoms with van der Waals surface area (Å²) in [5.74, 6) is -0.242. The monoisotopic (exact) mass is 377 g/mol. The maximum Gasteiger partial charge on any atom is 0.288 e. The fraction of sp³-hybridized carbons (Fsp3) is 0.526. The van der Waals surface area contributed by atoms with Gasteiger partial charge in [-0.05, 0) is 50.9 Å². The fourth-order valence-electron chi connectivity index (χ4n) is 3.76. The van der Waals surface area contributed by atoms with Crippen LogP contribution in [0.15, 0.2) is 30.5 Å². The van der Waals surface area contributed by atoms with Crippen LogP contribution in [-0.2, 0) is 0 Å². The first kappa shape index (κ1) is 18.9. The first-order valence-corrected chi connectivity index (χ1v) is 9.57. The second-order valence-corrected chi connectivity index (χ2v) is 7.41. The van der Waals surface area contributed by atoms with Gasteiger partial charge in [0.1, 0.15) is 5.02 Å². The Morgan fingerprint density at radius 2 is 2.00 bits per heavy atom. The van der Waals surface area contributed by atoms with Crippen LogP contribution in [0.5, 0.6) is 0 Å². The average molecular weight is 378 g/mol. The first-order chi connectivity index (χ1) is 12.5. The van der Waals surface area contributed by atoms with Gasteiger partial charge in [0.05, 0.1) is 4.92 Å². The molecule has 2 heterocycles. The quantitative estimate of drug-likeness (QED) is 0.325. The molecule has 2 aliphatic rings. The summed E-state index contributed by atoms with van der Waals surface area (Å²) < 4.78 is 0. The number of carbonyl (C=O) groups excluding carboxylic acids is 1. The van der Waals surface area contributed by atoms with Gasteiger partial charge in [0.2, 0.25) is 0 Å². The Morgan fingerprint density at radius 3 is 2.73 bits per heavy atom. The van der Waals surface area contributed by atoms with Crippen molar-refractivity contribution < 1.29 is 9.72 Å². The molecular formula is C19H24ClN3O3. The Labute approximate surface area is 158 Å². The molecule has 2 fully saturated rings. The number of hydrogen-bond acceptors (Lipinski definition) is 5. The molecular weight excluding hydrogens is 354 g/mol. The minimum absolute atomic E-state index is 0.0386. The zero-order valence-electron chi connectivity index (χ0n) is 14.8. The number of nitro groups is 1. The summed E-state index contributed by atoms with van der Waals surface area (Å²) in [6, 6.07) is 4.61. The standard InChI is InChI=1S/C19H24ClN3O3/c20-17-7-6-15(13-18(17)23(25)26)19(24)8-12-22-11-4-5-16(22)14-21-9-2-1-3-10-21/h6-8,12-13,16H,1-5,9-11,14H2/t16-/m0/s1. The van der Waals surface area contributed by atoms with Crippen molar-refractivity contribution in [1.29, 1.82) is 0 Å². The van der Waals surface area contributed by atoms with E-state index in [0.717, 1.165) is 25.9 Å². The van der Waals surface area contributed by atoms with Gasteiger partial charge >= 0.3 is 0 Å². The highest BCUT2D eigenvalue weighted by Crippen LogP contribution is 2.26. The van der Waals surface area contributed by atoms with E-state index in [4.69, 9.17) is 11.6 Å². The van der Waals surface area contributed by atoms with Crippen molar-refractivity contribution in [2.75, 3.05) is 26.2 Å². The Kier molecular flexibility index (Phi) is 6.27. The van der Waals surface area contributed by atoms with E-state index in [1.54, 1.807) is 0 Å². The van der Waals surface area contributed by atoms with Crippen LogP contribution >= 0.6 is 11.6 Å². The summed E-state index contributed by atoms with van der Waals surface area (Å²) >= 11 is 5.80. The lowest BCUT2D eigenvalue weighted by atomic mass is 10.1. The van der Waals surface area contributed by atoms with Crippen LogP contribution in [-0.4, -0.2) is 52.7 Å². The normalized spacial score (nSPS) is 21.4. The van der Waals surface area contributed by atoms with E-state index in [-0.39, 0.29) is 22.1 Å². The first-order valence-electron chi connectivity index (χ1n) is 9.19. The number of carbonyl (C=O) groups is 1. The van der Waals surface area contributed by atoms with E-state index in [9.17, 15) is 14.9 Å². The zero-order valence-corrected chi connectivity index (χ0v) is 15.5. The second-order valence-electron chi connectivity index (χ2n) is 7.00. The lowest BCUT2D eigenvalue weighted by Gasteiger charge is -2.32. The van der Waals surface area contributed by atoms with Crippen LogP contribution in [0.25, 0.3) is 0 Å². The van der Waals surface area contributed by atoms with E-state index in [1.165, 1.54) is 56.6 Å². The smallest absolute Gasteiger partial charge is 0.288 e. The minimum Gasteiger partial charge on any atom is -0.373 e. The van der Waals surface area contributed by atoms with Crippen molar-refractivity contribution in [3.8, 4) is 0 Å².